The van der Waals surface area contributed by atoms with Crippen LogP contribution in [0.2, 0.25) is 0 Å². The van der Waals surface area contributed by atoms with Gasteiger partial charge < -0.3 is 15.0 Å². The Morgan fingerprint density at radius 1 is 0.338 bits per heavy atom. The van der Waals surface area contributed by atoms with E-state index in [4.69, 9.17) is 24.9 Å². The van der Waals surface area contributed by atoms with Crippen molar-refractivity contribution in [1.29, 1.82) is 0 Å². The first-order valence-corrected chi connectivity index (χ1v) is 23.9. The van der Waals surface area contributed by atoms with E-state index in [1.165, 1.54) is 11.1 Å². The Kier molecular flexibility index (Phi) is 9.21. The Balaban J connectivity index is 0.00000470. The zero-order valence-electron chi connectivity index (χ0n) is 38.6. The molecule has 0 radical (unpaired) electrons. The first-order valence-electron chi connectivity index (χ1n) is 23.9. The molecule has 10 aromatic carbocycles. The normalized spacial score (nSPS) is 12.0. The summed E-state index contributed by atoms with van der Waals surface area (Å²) in [7, 11) is 0. The van der Waals surface area contributed by atoms with Crippen LogP contribution >= 0.6 is 0 Å². The number of benzene rings is 10. The fourth-order valence-electron chi connectivity index (χ4n) is 11.1. The molecule has 8 bridgehead atoms. The molecule has 71 heavy (non-hydrogen) atoms. The van der Waals surface area contributed by atoms with E-state index < -0.39 is 0 Å². The van der Waals surface area contributed by atoms with Crippen molar-refractivity contribution in [3.8, 4) is 67.4 Å². The molecule has 6 heteroatoms. The topological polar surface area (TPSA) is 66.9 Å². The van der Waals surface area contributed by atoms with Crippen molar-refractivity contribution in [1.82, 2.24) is 24.9 Å². The van der Waals surface area contributed by atoms with Gasteiger partial charge in [-0.2, -0.15) is 0 Å². The zero-order chi connectivity index (χ0) is 46.2. The largest absolute Gasteiger partial charge is 2.00 e. The second kappa shape index (κ2) is 15.8. The quantitative estimate of drug-likeness (QED) is 0.173. The third-order valence-electron chi connectivity index (χ3n) is 14.6. The Morgan fingerprint density at radius 3 is 1.25 bits per heavy atom. The summed E-state index contributed by atoms with van der Waals surface area (Å²) in [6, 6.07) is 72.4. The van der Waals surface area contributed by atoms with E-state index in [1.54, 1.807) is 0 Å². The summed E-state index contributed by atoms with van der Waals surface area (Å²) in [5.74, 6) is 0.613. The van der Waals surface area contributed by atoms with Crippen LogP contribution in [0.25, 0.3) is 154 Å². The molecule has 15 rings (SSSR count). The molecule has 5 heterocycles. The van der Waals surface area contributed by atoms with Crippen molar-refractivity contribution in [2.24, 2.45) is 0 Å². The van der Waals surface area contributed by atoms with Crippen LogP contribution in [0.5, 0.6) is 0 Å². The van der Waals surface area contributed by atoms with Crippen LogP contribution in [0.4, 0.5) is 0 Å². The number of hydrogen-bond acceptors (Lipinski definition) is 3. The maximum atomic E-state index is 5.78. The van der Waals surface area contributed by atoms with Gasteiger partial charge in [-0.1, -0.05) is 157 Å². The first-order chi connectivity index (χ1) is 34.5. The molecular formula is C65H39N5Pt. The second-order valence-corrected chi connectivity index (χ2v) is 19.0. The second-order valence-electron chi connectivity index (χ2n) is 19.0. The number of aromatic nitrogens is 5. The predicted octanol–water partition coefficient (Wildman–Crippen LogP) is 16.5. The Hall–Kier alpha value is -8.50. The molecule has 13 aromatic rings. The fraction of sp³-hybridized carbons (Fsp3) is 0.0308. The number of nitrogens with zero attached hydrogens (tertiary/aromatic N) is 5. The van der Waals surface area contributed by atoms with Gasteiger partial charge in [0.1, 0.15) is 0 Å². The summed E-state index contributed by atoms with van der Waals surface area (Å²) in [4.78, 5) is 28.6. The molecule has 5 nitrogen and oxygen atoms in total. The molecule has 0 unspecified atom stereocenters. The molecule has 2 aliphatic rings. The van der Waals surface area contributed by atoms with Crippen molar-refractivity contribution in [2.75, 3.05) is 0 Å². The molecule has 334 valence electrons. The number of hydrogen-bond donors (Lipinski definition) is 0. The van der Waals surface area contributed by atoms with Gasteiger partial charge in [0.2, 0.25) is 0 Å². The van der Waals surface area contributed by atoms with E-state index in [9.17, 15) is 0 Å². The predicted molar refractivity (Wildman–Crippen MR) is 291 cm³/mol. The Morgan fingerprint density at radius 2 is 0.732 bits per heavy atom. The van der Waals surface area contributed by atoms with Crippen molar-refractivity contribution in [3.05, 3.63) is 211 Å². The summed E-state index contributed by atoms with van der Waals surface area (Å²) in [5.41, 5.74) is 16.1. The van der Waals surface area contributed by atoms with Gasteiger partial charge in [-0.25, -0.2) is 4.98 Å². The Bertz CT molecular complexity index is 4310. The third-order valence-corrected chi connectivity index (χ3v) is 14.6. The van der Waals surface area contributed by atoms with Crippen LogP contribution in [-0.2, 0) is 21.1 Å². The zero-order valence-corrected chi connectivity index (χ0v) is 40.9. The van der Waals surface area contributed by atoms with Crippen LogP contribution in [0, 0.1) is 13.8 Å². The average Bonchev–Trinajstić information content (AvgIpc) is 4.13. The van der Waals surface area contributed by atoms with E-state index in [-0.39, 0.29) is 21.1 Å². The molecule has 0 atom stereocenters. The minimum Gasteiger partial charge on any atom is -0.656 e. The smallest absolute Gasteiger partial charge is 0.656 e. The summed E-state index contributed by atoms with van der Waals surface area (Å²) in [5, 5.41) is 13.1. The minimum absolute atomic E-state index is 0. The van der Waals surface area contributed by atoms with Crippen LogP contribution < -0.4 is 9.97 Å². The third kappa shape index (κ3) is 6.47. The minimum atomic E-state index is 0. The van der Waals surface area contributed by atoms with Gasteiger partial charge >= 0.3 is 21.1 Å². The van der Waals surface area contributed by atoms with E-state index in [1.807, 2.05) is 0 Å². The van der Waals surface area contributed by atoms with E-state index in [0.29, 0.717) is 11.5 Å². The summed E-state index contributed by atoms with van der Waals surface area (Å²) in [6.07, 6.45) is 0. The molecule has 0 fully saturated rings. The first kappa shape index (κ1) is 41.5. The summed E-state index contributed by atoms with van der Waals surface area (Å²) < 4.78 is 0. The van der Waals surface area contributed by atoms with E-state index in [0.717, 1.165) is 143 Å². The Labute approximate surface area is 422 Å². The molecule has 0 aliphatic carbocycles. The van der Waals surface area contributed by atoms with Gasteiger partial charge in [-0.05, 0) is 161 Å². The number of fused-ring (bicyclic) bond motifs is 24. The van der Waals surface area contributed by atoms with Gasteiger partial charge in [0.25, 0.3) is 0 Å². The number of rotatable bonds is 2. The molecule has 0 saturated carbocycles. The maximum Gasteiger partial charge on any atom is 2.00 e. The summed E-state index contributed by atoms with van der Waals surface area (Å²) in [6.45, 7) is 4.26. The van der Waals surface area contributed by atoms with Gasteiger partial charge in [0.05, 0.1) is 22.9 Å². The van der Waals surface area contributed by atoms with E-state index >= 15 is 0 Å². The molecular weight excluding hydrogens is 1050 g/mol. The van der Waals surface area contributed by atoms with Gasteiger partial charge in [-0.3, -0.25) is 4.98 Å². The molecule has 0 saturated heterocycles. The molecule has 2 aliphatic heterocycles. The van der Waals surface area contributed by atoms with Gasteiger partial charge in [0, 0.05) is 27.8 Å². The van der Waals surface area contributed by atoms with Crippen molar-refractivity contribution in [3.63, 3.8) is 0 Å². The van der Waals surface area contributed by atoms with Crippen LogP contribution in [0.15, 0.2) is 200 Å². The van der Waals surface area contributed by atoms with Gasteiger partial charge in [-0.15, -0.1) is 11.0 Å². The fourth-order valence-corrected chi connectivity index (χ4v) is 11.1. The van der Waals surface area contributed by atoms with Crippen LogP contribution in [0.3, 0.4) is 0 Å². The average molecular weight is 1090 g/mol. The van der Waals surface area contributed by atoms with Crippen LogP contribution in [-0.4, -0.2) is 15.0 Å². The standard InChI is InChI=1S/C65H39N5.Pt/c1-36-19-23-38(24-20-36)58-60-50-29-42-13-5-3-11-40(42)27-48(50)56(66-60)35-57-49-28-41-12-4-6-14-43(41)30-51(49)61(67-57)59(39-25-21-37(2)22-26-39)63-53-32-45-16-8-10-18-47(45)34-55(53)65(69-63)70-64-54-33-46-17-9-7-15-44(46)31-52(54)62(58)68-64;/h3-35H,1-2H3;/q-2;+2. The van der Waals surface area contributed by atoms with Gasteiger partial charge in [0.15, 0.2) is 0 Å². The van der Waals surface area contributed by atoms with Crippen molar-refractivity contribution >= 4 is 86.8 Å². The van der Waals surface area contributed by atoms with Crippen molar-refractivity contribution < 1.29 is 21.1 Å². The molecule has 0 N–H and O–H groups in total. The summed E-state index contributed by atoms with van der Waals surface area (Å²) >= 11 is 0. The molecule has 3 aromatic heterocycles. The monoisotopic (exact) mass is 1080 g/mol. The molecule has 0 spiro atoms. The van der Waals surface area contributed by atoms with Crippen molar-refractivity contribution in [2.45, 2.75) is 13.8 Å². The maximum absolute atomic E-state index is 5.78. The van der Waals surface area contributed by atoms with Crippen LogP contribution in [0.1, 0.15) is 11.1 Å². The molecule has 0 amide bonds. The number of aryl methyl sites for hydroxylation is 2. The SMILES string of the molecule is Cc1ccc(-c2c3nc(nc4[n-]c(c(-c5ccc(C)cc5)c5nc(cc6[n-]c2c2cc7ccccc7cc62)-c2cc6ccccc6cc2-5)c2cc5ccccc5cc42)-c2cc4ccccc4cc2-3)cc1.[Pt+2]. The van der Waals surface area contributed by atoms with E-state index in [2.05, 4.69) is 214 Å².